The van der Waals surface area contributed by atoms with Gasteiger partial charge in [0.2, 0.25) is 5.91 Å². The average molecular weight is 482 g/mol. The van der Waals surface area contributed by atoms with Crippen LogP contribution in [0.5, 0.6) is 0 Å². The molecule has 1 aromatic rings. The third-order valence-corrected chi connectivity index (χ3v) is 6.21. The molecule has 2 atom stereocenters. The number of nitrogens with one attached hydrogen (secondary N) is 2. The van der Waals surface area contributed by atoms with Crippen molar-refractivity contribution >= 4 is 11.6 Å². The van der Waals surface area contributed by atoms with E-state index in [-0.39, 0.29) is 17.6 Å². The van der Waals surface area contributed by atoms with E-state index in [1.165, 1.54) is 5.69 Å². The van der Waals surface area contributed by atoms with E-state index in [0.29, 0.717) is 19.6 Å². The molecule has 1 aromatic heterocycles. The number of rotatable bonds is 9. The van der Waals surface area contributed by atoms with Crippen LogP contribution >= 0.6 is 0 Å². The van der Waals surface area contributed by atoms with Gasteiger partial charge in [0.15, 0.2) is 0 Å². The number of ether oxygens (including phenoxy) is 2. The van der Waals surface area contributed by atoms with Crippen molar-refractivity contribution in [3.05, 3.63) is 65.7 Å². The number of allylic oxidation sites excluding steroid dienone is 4. The monoisotopic (exact) mass is 481 g/mol. The van der Waals surface area contributed by atoms with E-state index in [0.717, 1.165) is 36.2 Å². The van der Waals surface area contributed by atoms with E-state index >= 15 is 0 Å². The molecule has 35 heavy (non-hydrogen) atoms. The minimum absolute atomic E-state index is 0.00578. The SMILES string of the molecule is C#C.C/C=C1\C(=C/COC)NC(CC)(CCNC(=O)CC2=CC=CCC2OC)c2cccn21.CC. The number of hydrogen-bond donors (Lipinski definition) is 2. The van der Waals surface area contributed by atoms with Crippen LogP contribution in [0.2, 0.25) is 0 Å². The lowest BCUT2D eigenvalue weighted by Crippen LogP contribution is -2.49. The van der Waals surface area contributed by atoms with Crippen molar-refractivity contribution in [2.75, 3.05) is 27.4 Å². The quantitative estimate of drug-likeness (QED) is 0.478. The van der Waals surface area contributed by atoms with Gasteiger partial charge in [0, 0.05) is 32.7 Å². The van der Waals surface area contributed by atoms with E-state index in [9.17, 15) is 4.79 Å². The molecule has 192 valence electrons. The first-order valence-corrected chi connectivity index (χ1v) is 12.4. The second kappa shape index (κ2) is 15.8. The summed E-state index contributed by atoms with van der Waals surface area (Å²) in [5, 5.41) is 6.89. The highest BCUT2D eigenvalue weighted by molar-refractivity contribution is 5.79. The number of methoxy groups -OCH3 is 2. The Kier molecular flexibility index (Phi) is 13.6. The first kappa shape index (κ1) is 30.0. The highest BCUT2D eigenvalue weighted by atomic mass is 16.5. The Morgan fingerprint density at radius 2 is 2.09 bits per heavy atom. The highest BCUT2D eigenvalue weighted by Crippen LogP contribution is 2.38. The molecule has 0 aromatic carbocycles. The molecule has 0 radical (unpaired) electrons. The van der Waals surface area contributed by atoms with Crippen molar-refractivity contribution in [3.63, 3.8) is 0 Å². The summed E-state index contributed by atoms with van der Waals surface area (Å²) in [7, 11) is 3.39. The van der Waals surface area contributed by atoms with Crippen LogP contribution < -0.4 is 10.6 Å². The normalized spacial score (nSPS) is 22.6. The molecule has 2 N–H and O–H groups in total. The summed E-state index contributed by atoms with van der Waals surface area (Å²) >= 11 is 0. The van der Waals surface area contributed by atoms with Crippen LogP contribution in [-0.2, 0) is 19.8 Å². The molecule has 2 unspecified atom stereocenters. The van der Waals surface area contributed by atoms with Crippen LogP contribution in [0, 0.1) is 12.8 Å². The lowest BCUT2D eigenvalue weighted by atomic mass is 9.85. The van der Waals surface area contributed by atoms with Crippen molar-refractivity contribution < 1.29 is 14.3 Å². The molecule has 1 aliphatic carbocycles. The van der Waals surface area contributed by atoms with Gasteiger partial charge in [-0.05, 0) is 50.0 Å². The fourth-order valence-electron chi connectivity index (χ4n) is 4.49. The zero-order valence-corrected chi connectivity index (χ0v) is 22.3. The van der Waals surface area contributed by atoms with Crippen molar-refractivity contribution in [2.24, 2.45) is 0 Å². The Labute approximate surface area is 212 Å². The molecule has 1 amide bonds. The lowest BCUT2D eigenvalue weighted by Gasteiger charge is -2.42. The maximum Gasteiger partial charge on any atom is 0.224 e. The third-order valence-electron chi connectivity index (χ3n) is 6.21. The van der Waals surface area contributed by atoms with Gasteiger partial charge in [-0.2, -0.15) is 0 Å². The van der Waals surface area contributed by atoms with Gasteiger partial charge in [0.1, 0.15) is 0 Å². The van der Waals surface area contributed by atoms with Crippen LogP contribution in [0.4, 0.5) is 0 Å². The zero-order chi connectivity index (χ0) is 26.3. The van der Waals surface area contributed by atoms with Gasteiger partial charge in [-0.3, -0.25) is 4.79 Å². The zero-order valence-electron chi connectivity index (χ0n) is 22.3. The maximum atomic E-state index is 12.6. The van der Waals surface area contributed by atoms with Gasteiger partial charge in [-0.15, -0.1) is 12.8 Å². The fourth-order valence-corrected chi connectivity index (χ4v) is 4.49. The summed E-state index contributed by atoms with van der Waals surface area (Å²) in [6.07, 6.45) is 23.2. The van der Waals surface area contributed by atoms with Crippen LogP contribution in [-0.4, -0.2) is 43.9 Å². The smallest absolute Gasteiger partial charge is 0.224 e. The van der Waals surface area contributed by atoms with Gasteiger partial charge >= 0.3 is 0 Å². The molecule has 1 aliphatic heterocycles. The van der Waals surface area contributed by atoms with Crippen molar-refractivity contribution in [2.45, 2.75) is 65.0 Å². The van der Waals surface area contributed by atoms with Gasteiger partial charge in [-0.1, -0.05) is 45.1 Å². The minimum atomic E-state index is -0.259. The van der Waals surface area contributed by atoms with Crippen LogP contribution in [0.15, 0.2) is 60.0 Å². The van der Waals surface area contributed by atoms with Gasteiger partial charge in [-0.25, -0.2) is 0 Å². The molecule has 0 fully saturated rings. The Balaban J connectivity index is 0.00000145. The van der Waals surface area contributed by atoms with Gasteiger partial charge < -0.3 is 24.7 Å². The number of amides is 1. The van der Waals surface area contributed by atoms with E-state index in [4.69, 9.17) is 9.47 Å². The second-order valence-electron chi connectivity index (χ2n) is 7.98. The molecule has 6 heteroatoms. The van der Waals surface area contributed by atoms with Crippen molar-refractivity contribution in [1.29, 1.82) is 0 Å². The standard InChI is InChI=1S/C25H35N3O3.C2H6.C2H2/c1-5-21-20(13-17-30-3)27-25(6-2,23-12-9-16-28(21)23)14-15-26-24(29)18-19-10-7-8-11-22(19)31-4;2*1-2/h5,7-10,12-13,16,22,27H,6,11,14-15,17-18H2,1-4H3,(H,26,29);1-2H3;1-2H/b20-13+,21-5+;;. The lowest BCUT2D eigenvalue weighted by molar-refractivity contribution is -0.120. The minimum Gasteiger partial charge on any atom is -0.381 e. The summed E-state index contributed by atoms with van der Waals surface area (Å²) in [6.45, 7) is 9.36. The van der Waals surface area contributed by atoms with Crippen LogP contribution in [0.3, 0.4) is 0 Å². The second-order valence-corrected chi connectivity index (χ2v) is 7.98. The molecule has 2 heterocycles. The average Bonchev–Trinajstić information content (AvgIpc) is 3.40. The highest BCUT2D eigenvalue weighted by Gasteiger charge is 2.38. The molecule has 0 bridgehead atoms. The summed E-state index contributed by atoms with van der Waals surface area (Å²) < 4.78 is 13.0. The van der Waals surface area contributed by atoms with E-state index in [1.54, 1.807) is 14.2 Å². The number of carbonyl (C=O) groups excluding carboxylic acids is 1. The first-order valence-electron chi connectivity index (χ1n) is 12.4. The van der Waals surface area contributed by atoms with Crippen molar-refractivity contribution in [1.82, 2.24) is 15.2 Å². The summed E-state index contributed by atoms with van der Waals surface area (Å²) in [5.41, 5.74) is 4.16. The van der Waals surface area contributed by atoms with Gasteiger partial charge in [0.25, 0.3) is 0 Å². The largest absolute Gasteiger partial charge is 0.381 e. The number of carbonyl (C=O) groups is 1. The third kappa shape index (κ3) is 7.48. The Bertz CT molecular complexity index is 936. The predicted octanol–water partition coefficient (Wildman–Crippen LogP) is 5.16. The first-order chi connectivity index (χ1) is 17.1. The number of hydrogen-bond acceptors (Lipinski definition) is 4. The number of fused-ring (bicyclic) bond motifs is 1. The Morgan fingerprint density at radius 1 is 1.34 bits per heavy atom. The van der Waals surface area contributed by atoms with Crippen molar-refractivity contribution in [3.8, 4) is 12.8 Å². The number of terminal acetylenes is 1. The molecule has 2 aliphatic rings. The Hall–Kier alpha value is -3.01. The van der Waals surface area contributed by atoms with E-state index in [1.807, 2.05) is 32.9 Å². The number of nitrogens with zero attached hydrogens (tertiary/aromatic N) is 1. The molecular weight excluding hydrogens is 438 g/mol. The Morgan fingerprint density at radius 3 is 2.71 bits per heavy atom. The predicted molar refractivity (Wildman–Crippen MR) is 146 cm³/mol. The molecule has 3 rings (SSSR count). The summed E-state index contributed by atoms with van der Waals surface area (Å²) in [5.74, 6) is 0.0327. The topological polar surface area (TPSA) is 64.5 Å². The molecule has 0 saturated carbocycles. The summed E-state index contributed by atoms with van der Waals surface area (Å²) in [4.78, 5) is 12.6. The molecular formula is C29H43N3O3. The molecule has 0 saturated heterocycles. The molecule has 0 spiro atoms. The maximum absolute atomic E-state index is 12.6. The number of aromatic nitrogens is 1. The molecule has 6 nitrogen and oxygen atoms in total. The van der Waals surface area contributed by atoms with Crippen LogP contribution in [0.1, 0.15) is 59.1 Å². The van der Waals surface area contributed by atoms with Gasteiger partial charge in [0.05, 0.1) is 36.1 Å². The summed E-state index contributed by atoms with van der Waals surface area (Å²) in [6, 6.07) is 4.24. The fraction of sp³-hybridized carbons (Fsp3) is 0.483. The van der Waals surface area contributed by atoms with E-state index < -0.39 is 0 Å². The van der Waals surface area contributed by atoms with E-state index in [2.05, 4.69) is 71.5 Å². The van der Waals surface area contributed by atoms with Crippen LogP contribution in [0.25, 0.3) is 5.70 Å².